The zero-order valence-corrected chi connectivity index (χ0v) is 51.6. The van der Waals surface area contributed by atoms with Gasteiger partial charge in [-0.3, -0.25) is 4.57 Å². The third kappa shape index (κ3) is 9.28. The minimum Gasteiger partial charge on any atom is -0.510 e. The van der Waals surface area contributed by atoms with E-state index < -0.39 is 91.2 Å². The summed E-state index contributed by atoms with van der Waals surface area (Å²) in [5.74, 6) is 1.35. The number of rotatable bonds is 6. The first-order valence-corrected chi connectivity index (χ1v) is 29.3. The van der Waals surface area contributed by atoms with E-state index in [1.165, 1.54) is 6.07 Å². The molecule has 6 heteroatoms. The van der Waals surface area contributed by atoms with Crippen molar-refractivity contribution in [3.8, 4) is 78.5 Å². The molecule has 3 aliphatic carbocycles. The Kier molecular flexibility index (Phi) is 9.17. The molecule has 11 aromatic rings. The number of fused-ring (bicyclic) bond motifs is 14. The van der Waals surface area contributed by atoms with E-state index >= 15 is 0 Å². The Morgan fingerprint density at radius 2 is 1.22 bits per heavy atom. The topological polar surface area (TPSA) is 35.3 Å². The van der Waals surface area contributed by atoms with E-state index in [2.05, 4.69) is 114 Å². The Bertz CT molecular complexity index is 5590. The predicted molar refractivity (Wildman–Crippen MR) is 357 cm³/mol. The molecule has 436 valence electrons. The molecule has 3 heterocycles. The van der Waals surface area contributed by atoms with E-state index in [0.717, 1.165) is 73.6 Å². The van der Waals surface area contributed by atoms with Crippen molar-refractivity contribution in [2.24, 2.45) is 10.4 Å². The van der Waals surface area contributed by atoms with Crippen molar-refractivity contribution in [1.29, 1.82) is 0 Å². The van der Waals surface area contributed by atoms with Gasteiger partial charge in [0.25, 0.3) is 6.33 Å². The molecule has 0 unspecified atom stereocenters. The molecule has 0 radical (unpaired) electrons. The second-order valence-electron chi connectivity index (χ2n) is 25.6. The van der Waals surface area contributed by atoms with Gasteiger partial charge in [-0.25, -0.2) is 4.99 Å². The van der Waals surface area contributed by atoms with E-state index in [0.29, 0.717) is 57.0 Å². The van der Waals surface area contributed by atoms with Gasteiger partial charge < -0.3 is 13.9 Å². The Labute approximate surface area is 554 Å². The summed E-state index contributed by atoms with van der Waals surface area (Å²) in [5.41, 5.74) is -1.67. The number of aliphatic imine (C=N–C) groups is 1. The molecule has 0 saturated carbocycles. The smallest absolute Gasteiger partial charge is 0.268 e. The Morgan fingerprint density at radius 3 is 1.93 bits per heavy atom. The van der Waals surface area contributed by atoms with Gasteiger partial charge in [-0.15, -0.1) is 29.7 Å². The van der Waals surface area contributed by atoms with Crippen LogP contribution in [0.1, 0.15) is 156 Å². The SMILES string of the molecule is [2H]c1c([2H])c2c(c([2H])c1-c1ccc3c(c1-[n+]1[c-]n(-c4[c-]c(Oc5[c-]c6c(cc5)c5ccccc5n6C5=CC(C(C)(C)C)=CCC=N5)ccc4)c4ccccc41)-c1cc4c(cc1-c1ccccc1-c1ccccc1-3)C(C)(C)CCC4(C)C)C(C([2H])([2H])[2H])(C([2H])([2H])[2H])C([2H])([2H])C([2H])([2H])C2(C([2H])([2H])[2H])C([2H])([2H])[2H].[Pt]. The minimum absolute atomic E-state index is 0. The molecule has 0 bridgehead atoms. The number of allylic oxidation sites excluding steroid dienone is 3. The zero-order valence-electron chi connectivity index (χ0n) is 68.3. The van der Waals surface area contributed by atoms with Gasteiger partial charge >= 0.3 is 0 Å². The fourth-order valence-electron chi connectivity index (χ4n) is 13.4. The molecule has 9 aromatic carbocycles. The molecule has 87 heavy (non-hydrogen) atoms. The molecule has 5 nitrogen and oxygen atoms in total. The van der Waals surface area contributed by atoms with Crippen molar-refractivity contribution in [2.75, 3.05) is 0 Å². The molecule has 4 aliphatic rings. The number of aromatic nitrogens is 3. The summed E-state index contributed by atoms with van der Waals surface area (Å²) in [6, 6.07) is 51.3. The van der Waals surface area contributed by atoms with Crippen LogP contribution in [-0.2, 0) is 42.7 Å². The first-order chi connectivity index (χ1) is 49.0. The molecule has 0 N–H and O–H groups in total. The molecule has 0 atom stereocenters. The number of ether oxygens (including phenoxy) is 1. The van der Waals surface area contributed by atoms with Crippen LogP contribution in [0.5, 0.6) is 11.5 Å². The zero-order chi connectivity index (χ0) is 75.4. The van der Waals surface area contributed by atoms with Crippen LogP contribution < -0.4 is 9.30 Å². The second-order valence-corrected chi connectivity index (χ2v) is 25.6. The maximum absolute atomic E-state index is 10.7. The molecular weight excluding hydrogens is 1240 g/mol. The number of hydrogen-bond donors (Lipinski definition) is 0. The van der Waals surface area contributed by atoms with E-state index in [1.54, 1.807) is 39.5 Å². The fourth-order valence-corrected chi connectivity index (χ4v) is 13.4. The van der Waals surface area contributed by atoms with Crippen LogP contribution in [0.25, 0.3) is 106 Å². The summed E-state index contributed by atoms with van der Waals surface area (Å²) < 4.78 is 192. The van der Waals surface area contributed by atoms with Gasteiger partial charge in [-0.2, -0.15) is 18.2 Å². The van der Waals surface area contributed by atoms with Gasteiger partial charge in [-0.1, -0.05) is 215 Å². The van der Waals surface area contributed by atoms with Crippen molar-refractivity contribution in [2.45, 2.75) is 130 Å². The van der Waals surface area contributed by atoms with E-state index in [1.807, 2.05) is 91.1 Å². The fraction of sp³-hybridized carbons (Fsp3) is 0.259. The van der Waals surface area contributed by atoms with Gasteiger partial charge in [0.05, 0.1) is 20.8 Å². The Morgan fingerprint density at radius 1 is 0.598 bits per heavy atom. The van der Waals surface area contributed by atoms with E-state index in [-0.39, 0.29) is 48.9 Å². The van der Waals surface area contributed by atoms with Crippen molar-refractivity contribution in [1.82, 2.24) is 9.13 Å². The third-order valence-corrected chi connectivity index (χ3v) is 18.0. The maximum Gasteiger partial charge on any atom is 0.268 e. The van der Waals surface area contributed by atoms with Gasteiger partial charge in [-0.05, 0) is 160 Å². The number of imidazole rings is 1. The van der Waals surface area contributed by atoms with Gasteiger partial charge in [0.2, 0.25) is 0 Å². The molecule has 1 aliphatic heterocycles. The summed E-state index contributed by atoms with van der Waals surface area (Å²) in [6.07, 6.45) is 3.06. The van der Waals surface area contributed by atoms with E-state index in [4.69, 9.17) is 18.0 Å². The number of benzene rings is 9. The van der Waals surface area contributed by atoms with Crippen molar-refractivity contribution in [3.63, 3.8) is 0 Å². The van der Waals surface area contributed by atoms with Crippen LogP contribution in [0.2, 0.25) is 0 Å². The monoisotopic (exact) mass is 1330 g/mol. The summed E-state index contributed by atoms with van der Waals surface area (Å²) in [5, 5.41) is 1.92. The summed E-state index contributed by atoms with van der Waals surface area (Å²) in [7, 11) is 0. The van der Waals surface area contributed by atoms with Crippen LogP contribution >= 0.6 is 0 Å². The average molecular weight is 1330 g/mol. The molecule has 0 spiro atoms. The minimum atomic E-state index is -4.55. The normalized spacial score (nSPS) is 21.8. The van der Waals surface area contributed by atoms with Crippen molar-refractivity contribution < 1.29 is 56.4 Å². The maximum atomic E-state index is 10.7. The second kappa shape index (κ2) is 20.5. The largest absolute Gasteiger partial charge is 0.510 e. The summed E-state index contributed by atoms with van der Waals surface area (Å²) in [4.78, 5) is 4.97. The Hall–Kier alpha value is -8.11. The first kappa shape index (κ1) is 38.9. The molecular formula is C81H74N4OPt-2. The first-order valence-electron chi connectivity index (χ1n) is 38.8. The van der Waals surface area contributed by atoms with Crippen LogP contribution in [0.3, 0.4) is 0 Å². The standard InChI is InChI=1S/C81H74N4O.Pt/c1-77(2,3)52-22-21-43-82-74(45-52)85-70-30-17-16-29-61(70)62-35-34-55(47-73(62)85)86-54-24-20-23-53(46-54)83-50-84(72-32-19-18-31-71(72)83)76-56(51-33-38-66-67(44-51)79(6,7)40-39-78(66,4)5)36-37-63-59-27-14-12-25-57(59)58-26-13-15-28-60(58)64-48-68-69(49-65(64)75(63)76)81(10,11)42-41-80(68,8)9;/h12-20,22-38,43-45,48-49H,21,39-42H2,1-11H3;/q-2;/i4D3,5D3,6D3,7D3,33D,38D,39D2,40D2,44D;. The summed E-state index contributed by atoms with van der Waals surface area (Å²) in [6.45, 7) is -1.76. The van der Waals surface area contributed by atoms with Crippen molar-refractivity contribution >= 4 is 44.9 Å². The van der Waals surface area contributed by atoms with Gasteiger partial charge in [0.1, 0.15) is 5.82 Å². The van der Waals surface area contributed by atoms with Gasteiger partial charge in [0, 0.05) is 78.2 Å². The predicted octanol–water partition coefficient (Wildman–Crippen LogP) is 20.8. The quantitative estimate of drug-likeness (QED) is 0.121. The summed E-state index contributed by atoms with van der Waals surface area (Å²) >= 11 is 0. The van der Waals surface area contributed by atoms with E-state index in [9.17, 15) is 17.8 Å². The molecule has 15 rings (SSSR count). The molecule has 0 amide bonds. The van der Waals surface area contributed by atoms with Crippen molar-refractivity contribution in [3.05, 3.63) is 228 Å². The third-order valence-electron chi connectivity index (χ3n) is 18.0. The molecule has 0 fully saturated rings. The van der Waals surface area contributed by atoms with Crippen LogP contribution in [0.15, 0.2) is 193 Å². The number of hydrogen-bond acceptors (Lipinski definition) is 2. The number of para-hydroxylation sites is 3. The number of nitrogens with zero attached hydrogens (tertiary/aromatic N) is 4. The van der Waals surface area contributed by atoms with Crippen LogP contribution in [-0.4, -0.2) is 15.3 Å². The van der Waals surface area contributed by atoms with Crippen LogP contribution in [0, 0.1) is 23.9 Å². The van der Waals surface area contributed by atoms with Gasteiger partial charge in [0.15, 0.2) is 0 Å². The van der Waals surface area contributed by atoms with Crippen LogP contribution in [0.4, 0.5) is 0 Å². The molecule has 2 aromatic heterocycles. The average Bonchev–Trinajstić information content (AvgIpc) is 0.726. The molecule has 0 saturated heterocycles. The Balaban J connectivity index is 0.00000944.